The lowest BCUT2D eigenvalue weighted by Gasteiger charge is -2.08. The van der Waals surface area contributed by atoms with Crippen LogP contribution in [0.4, 0.5) is 0 Å². The Morgan fingerprint density at radius 3 is 2.62 bits per heavy atom. The van der Waals surface area contributed by atoms with Gasteiger partial charge in [0.1, 0.15) is 5.78 Å². The molecule has 2 nitrogen and oxygen atoms in total. The van der Waals surface area contributed by atoms with Gasteiger partial charge in [0, 0.05) is 24.2 Å². The smallest absolute Gasteiger partial charge is 0.143 e. The Bertz CT molecular complexity index is 303. The fourth-order valence-corrected chi connectivity index (χ4v) is 1.54. The van der Waals surface area contributed by atoms with Crippen molar-refractivity contribution in [3.05, 3.63) is 30.1 Å². The Kier molecular flexibility index (Phi) is 2.13. The van der Waals surface area contributed by atoms with Crippen LogP contribution in [0.2, 0.25) is 0 Å². The van der Waals surface area contributed by atoms with E-state index in [1.54, 1.807) is 12.4 Å². The van der Waals surface area contributed by atoms with Gasteiger partial charge in [0.2, 0.25) is 0 Å². The number of hydrogen-bond acceptors (Lipinski definition) is 2. The van der Waals surface area contributed by atoms with Crippen LogP contribution in [-0.2, 0) is 4.79 Å². The van der Waals surface area contributed by atoms with Crippen LogP contribution in [0.15, 0.2) is 24.5 Å². The van der Waals surface area contributed by atoms with Gasteiger partial charge in [-0.05, 0) is 30.5 Å². The lowest BCUT2D eigenvalue weighted by Crippen LogP contribution is -2.10. The number of carbonyl (C=O) groups excluding carboxylic acids is 1. The fraction of sp³-hybridized carbons (Fsp3) is 0.455. The van der Waals surface area contributed by atoms with E-state index in [1.807, 2.05) is 19.1 Å². The quantitative estimate of drug-likeness (QED) is 0.704. The second-order valence-corrected chi connectivity index (χ2v) is 3.68. The van der Waals surface area contributed by atoms with Crippen molar-refractivity contribution in [3.63, 3.8) is 0 Å². The lowest BCUT2D eigenvalue weighted by atomic mass is 9.95. The van der Waals surface area contributed by atoms with Crippen LogP contribution < -0.4 is 0 Å². The Morgan fingerprint density at radius 1 is 1.46 bits per heavy atom. The molecule has 0 N–H and O–H groups in total. The molecule has 1 heterocycles. The first-order valence-corrected chi connectivity index (χ1v) is 4.72. The minimum absolute atomic E-state index is 0.0514. The molecule has 0 radical (unpaired) electrons. The average Bonchev–Trinajstić information content (AvgIpc) is 3.00. The number of ketones is 1. The first kappa shape index (κ1) is 8.42. The second kappa shape index (κ2) is 3.29. The number of nitrogens with zero attached hydrogens (tertiary/aromatic N) is 1. The van der Waals surface area contributed by atoms with Crippen molar-refractivity contribution in [2.45, 2.75) is 25.7 Å². The maximum atomic E-state index is 11.7. The molecule has 68 valence electrons. The highest BCUT2D eigenvalue weighted by Crippen LogP contribution is 2.35. The summed E-state index contributed by atoms with van der Waals surface area (Å²) >= 11 is 0. The summed E-state index contributed by atoms with van der Waals surface area (Å²) in [5.41, 5.74) is 1.09. The van der Waals surface area contributed by atoms with Crippen molar-refractivity contribution in [3.8, 4) is 0 Å². The average molecular weight is 175 g/mol. The van der Waals surface area contributed by atoms with Crippen LogP contribution in [0.3, 0.4) is 0 Å². The minimum atomic E-state index is 0.0514. The zero-order chi connectivity index (χ0) is 9.26. The van der Waals surface area contributed by atoms with Gasteiger partial charge in [0.25, 0.3) is 0 Å². The first-order valence-electron chi connectivity index (χ1n) is 4.72. The Hall–Kier alpha value is -1.18. The van der Waals surface area contributed by atoms with E-state index in [9.17, 15) is 4.79 Å². The number of aromatic nitrogens is 1. The van der Waals surface area contributed by atoms with Crippen molar-refractivity contribution < 1.29 is 4.79 Å². The van der Waals surface area contributed by atoms with Gasteiger partial charge in [-0.2, -0.15) is 0 Å². The lowest BCUT2D eigenvalue weighted by molar-refractivity contribution is -0.121. The van der Waals surface area contributed by atoms with Gasteiger partial charge in [-0.3, -0.25) is 9.78 Å². The van der Waals surface area contributed by atoms with Crippen LogP contribution in [-0.4, -0.2) is 10.8 Å². The SMILES string of the molecule is CC(C(=O)C1CC1)c1ccncc1. The summed E-state index contributed by atoms with van der Waals surface area (Å²) in [5.74, 6) is 0.796. The molecule has 1 aromatic heterocycles. The molecule has 0 bridgehead atoms. The van der Waals surface area contributed by atoms with Crippen molar-refractivity contribution in [2.75, 3.05) is 0 Å². The van der Waals surface area contributed by atoms with Crippen molar-refractivity contribution in [2.24, 2.45) is 5.92 Å². The normalized spacial score (nSPS) is 18.2. The predicted molar refractivity (Wildman–Crippen MR) is 50.4 cm³/mol. The summed E-state index contributed by atoms with van der Waals surface area (Å²) in [7, 11) is 0. The van der Waals surface area contributed by atoms with E-state index < -0.39 is 0 Å². The summed E-state index contributed by atoms with van der Waals surface area (Å²) in [5, 5.41) is 0. The van der Waals surface area contributed by atoms with Gasteiger partial charge in [-0.1, -0.05) is 6.92 Å². The van der Waals surface area contributed by atoms with E-state index in [1.165, 1.54) is 0 Å². The third kappa shape index (κ3) is 1.77. The minimum Gasteiger partial charge on any atom is -0.299 e. The third-order valence-corrected chi connectivity index (χ3v) is 2.61. The van der Waals surface area contributed by atoms with Crippen LogP contribution in [0.5, 0.6) is 0 Å². The molecule has 1 aromatic rings. The Balaban J connectivity index is 2.12. The number of pyridine rings is 1. The molecule has 13 heavy (non-hydrogen) atoms. The standard InChI is InChI=1S/C11H13NO/c1-8(11(13)10-2-3-10)9-4-6-12-7-5-9/h4-8,10H,2-3H2,1H3. The molecule has 1 aliphatic rings. The summed E-state index contributed by atoms with van der Waals surface area (Å²) in [6.07, 6.45) is 5.67. The highest BCUT2D eigenvalue weighted by Gasteiger charge is 2.33. The zero-order valence-corrected chi connectivity index (χ0v) is 7.73. The number of rotatable bonds is 3. The van der Waals surface area contributed by atoms with E-state index in [0.29, 0.717) is 11.7 Å². The fourth-order valence-electron chi connectivity index (χ4n) is 1.54. The van der Waals surface area contributed by atoms with Gasteiger partial charge in [-0.15, -0.1) is 0 Å². The van der Waals surface area contributed by atoms with E-state index in [-0.39, 0.29) is 5.92 Å². The van der Waals surface area contributed by atoms with Gasteiger partial charge in [0.05, 0.1) is 0 Å². The summed E-state index contributed by atoms with van der Waals surface area (Å²) in [6, 6.07) is 3.84. The van der Waals surface area contributed by atoms with E-state index in [4.69, 9.17) is 0 Å². The molecule has 2 heteroatoms. The monoisotopic (exact) mass is 175 g/mol. The highest BCUT2D eigenvalue weighted by molar-refractivity contribution is 5.89. The molecular weight excluding hydrogens is 162 g/mol. The summed E-state index contributed by atoms with van der Waals surface area (Å²) in [4.78, 5) is 15.6. The van der Waals surface area contributed by atoms with Crippen molar-refractivity contribution in [1.29, 1.82) is 0 Å². The molecule has 0 aromatic carbocycles. The van der Waals surface area contributed by atoms with Crippen molar-refractivity contribution >= 4 is 5.78 Å². The maximum Gasteiger partial charge on any atom is 0.143 e. The highest BCUT2D eigenvalue weighted by atomic mass is 16.1. The molecule has 0 saturated heterocycles. The van der Waals surface area contributed by atoms with Crippen LogP contribution >= 0.6 is 0 Å². The number of carbonyl (C=O) groups is 1. The van der Waals surface area contributed by atoms with Gasteiger partial charge < -0.3 is 0 Å². The van der Waals surface area contributed by atoms with Gasteiger partial charge in [-0.25, -0.2) is 0 Å². The third-order valence-electron chi connectivity index (χ3n) is 2.61. The molecule has 1 saturated carbocycles. The molecule has 1 unspecified atom stereocenters. The summed E-state index contributed by atoms with van der Waals surface area (Å²) < 4.78 is 0. The predicted octanol–water partition coefficient (Wildman–Crippen LogP) is 2.16. The molecule has 0 spiro atoms. The van der Waals surface area contributed by atoms with E-state index >= 15 is 0 Å². The second-order valence-electron chi connectivity index (χ2n) is 3.68. The van der Waals surface area contributed by atoms with Crippen molar-refractivity contribution in [1.82, 2.24) is 4.98 Å². The van der Waals surface area contributed by atoms with E-state index in [0.717, 1.165) is 18.4 Å². The van der Waals surface area contributed by atoms with Crippen LogP contribution in [0.1, 0.15) is 31.2 Å². The van der Waals surface area contributed by atoms with Gasteiger partial charge >= 0.3 is 0 Å². The van der Waals surface area contributed by atoms with Crippen LogP contribution in [0, 0.1) is 5.92 Å². The Morgan fingerprint density at radius 2 is 2.08 bits per heavy atom. The maximum absolute atomic E-state index is 11.7. The first-order chi connectivity index (χ1) is 6.29. The molecule has 1 aliphatic carbocycles. The number of Topliss-reactive ketones (excluding diaryl/α,β-unsaturated/α-hetero) is 1. The Labute approximate surface area is 78.0 Å². The molecule has 0 aliphatic heterocycles. The van der Waals surface area contributed by atoms with Crippen LogP contribution in [0.25, 0.3) is 0 Å². The molecular formula is C11H13NO. The molecule has 1 fully saturated rings. The molecule has 0 amide bonds. The number of hydrogen-bond donors (Lipinski definition) is 0. The van der Waals surface area contributed by atoms with E-state index in [2.05, 4.69) is 4.98 Å². The zero-order valence-electron chi connectivity index (χ0n) is 7.73. The van der Waals surface area contributed by atoms with Gasteiger partial charge in [0.15, 0.2) is 0 Å². The molecule has 1 atom stereocenters. The summed E-state index contributed by atoms with van der Waals surface area (Å²) in [6.45, 7) is 1.98. The largest absolute Gasteiger partial charge is 0.299 e. The topological polar surface area (TPSA) is 30.0 Å². The molecule has 2 rings (SSSR count).